The monoisotopic (exact) mass is 376 g/mol. The van der Waals surface area contributed by atoms with E-state index < -0.39 is 5.76 Å². The number of thiazole rings is 1. The fourth-order valence-electron chi connectivity index (χ4n) is 2.19. The molecule has 3 rings (SSSR count). The molecule has 0 aliphatic carbocycles. The SMILES string of the molecule is O=C(Cc1csc(-c2ccccc2)n1)Nc1ccc(SC(F)F)cc1. The number of alkyl halides is 2. The molecule has 1 heterocycles. The fraction of sp³-hybridized carbons (Fsp3) is 0.111. The maximum absolute atomic E-state index is 12.3. The van der Waals surface area contributed by atoms with Gasteiger partial charge in [0.15, 0.2) is 0 Å². The Morgan fingerprint density at radius 1 is 1.12 bits per heavy atom. The summed E-state index contributed by atoms with van der Waals surface area (Å²) in [5, 5.41) is 5.49. The van der Waals surface area contributed by atoms with Crippen molar-refractivity contribution in [3.05, 3.63) is 65.7 Å². The van der Waals surface area contributed by atoms with Gasteiger partial charge in [0.25, 0.3) is 5.76 Å². The first kappa shape index (κ1) is 17.6. The number of carbonyl (C=O) groups is 1. The second kappa shape index (κ2) is 8.22. The molecular formula is C18H14F2N2OS2. The minimum Gasteiger partial charge on any atom is -0.326 e. The molecule has 3 nitrogen and oxygen atoms in total. The molecule has 7 heteroatoms. The van der Waals surface area contributed by atoms with E-state index in [1.54, 1.807) is 24.3 Å². The van der Waals surface area contributed by atoms with Gasteiger partial charge in [-0.1, -0.05) is 42.1 Å². The molecule has 0 saturated carbocycles. The highest BCUT2D eigenvalue weighted by Crippen LogP contribution is 2.26. The second-order valence-corrected chi connectivity index (χ2v) is 7.06. The zero-order chi connectivity index (χ0) is 17.6. The van der Waals surface area contributed by atoms with Gasteiger partial charge in [0.1, 0.15) is 5.01 Å². The number of hydrogen-bond donors (Lipinski definition) is 1. The lowest BCUT2D eigenvalue weighted by Gasteiger charge is -2.05. The number of aromatic nitrogens is 1. The second-order valence-electron chi connectivity index (χ2n) is 5.14. The first-order valence-electron chi connectivity index (χ1n) is 7.45. The summed E-state index contributed by atoms with van der Waals surface area (Å²) in [5.74, 6) is -2.65. The fourth-order valence-corrected chi connectivity index (χ4v) is 3.52. The number of rotatable bonds is 6. The van der Waals surface area contributed by atoms with Crippen LogP contribution in [0.4, 0.5) is 14.5 Å². The minimum absolute atomic E-state index is 0.164. The average Bonchev–Trinajstić information content (AvgIpc) is 3.05. The third-order valence-corrected chi connectivity index (χ3v) is 4.94. The van der Waals surface area contributed by atoms with Gasteiger partial charge in [0, 0.05) is 21.5 Å². The Balaban J connectivity index is 1.58. The molecule has 0 bridgehead atoms. The molecule has 0 atom stereocenters. The van der Waals surface area contributed by atoms with Crippen molar-refractivity contribution in [3.8, 4) is 10.6 Å². The highest BCUT2D eigenvalue weighted by molar-refractivity contribution is 7.99. The van der Waals surface area contributed by atoms with Crippen LogP contribution in [0.5, 0.6) is 0 Å². The van der Waals surface area contributed by atoms with E-state index in [1.165, 1.54) is 11.3 Å². The Labute approximate surface area is 152 Å². The lowest BCUT2D eigenvalue weighted by Crippen LogP contribution is -2.14. The predicted molar refractivity (Wildman–Crippen MR) is 98.2 cm³/mol. The summed E-state index contributed by atoms with van der Waals surface area (Å²) in [4.78, 5) is 17.1. The Morgan fingerprint density at radius 2 is 1.84 bits per heavy atom. The van der Waals surface area contributed by atoms with Crippen LogP contribution in [0.15, 0.2) is 64.9 Å². The number of anilines is 1. The van der Waals surface area contributed by atoms with Crippen molar-refractivity contribution in [2.75, 3.05) is 5.32 Å². The van der Waals surface area contributed by atoms with Gasteiger partial charge < -0.3 is 5.32 Å². The number of hydrogen-bond acceptors (Lipinski definition) is 4. The third-order valence-electron chi connectivity index (χ3n) is 3.28. The summed E-state index contributed by atoms with van der Waals surface area (Å²) in [7, 11) is 0. The molecule has 0 unspecified atom stereocenters. The van der Waals surface area contributed by atoms with Gasteiger partial charge in [-0.05, 0) is 24.3 Å². The van der Waals surface area contributed by atoms with E-state index in [4.69, 9.17) is 0 Å². The van der Waals surface area contributed by atoms with Crippen molar-refractivity contribution >= 4 is 34.7 Å². The topological polar surface area (TPSA) is 42.0 Å². The van der Waals surface area contributed by atoms with E-state index in [0.29, 0.717) is 28.0 Å². The number of thioether (sulfide) groups is 1. The molecule has 1 aromatic heterocycles. The van der Waals surface area contributed by atoms with Crippen LogP contribution >= 0.6 is 23.1 Å². The predicted octanol–water partition coefficient (Wildman–Crippen LogP) is 5.31. The molecule has 1 N–H and O–H groups in total. The van der Waals surface area contributed by atoms with Gasteiger partial charge in [0.2, 0.25) is 5.91 Å². The molecule has 0 fully saturated rings. The van der Waals surface area contributed by atoms with Crippen LogP contribution in [0.1, 0.15) is 5.69 Å². The summed E-state index contributed by atoms with van der Waals surface area (Å²) in [6.45, 7) is 0. The first-order chi connectivity index (χ1) is 12.1. The number of carbonyl (C=O) groups excluding carboxylic acids is 1. The summed E-state index contributed by atoms with van der Waals surface area (Å²) < 4.78 is 24.6. The molecule has 0 aliphatic heterocycles. The zero-order valence-corrected chi connectivity index (χ0v) is 14.6. The van der Waals surface area contributed by atoms with Gasteiger partial charge in [-0.15, -0.1) is 11.3 Å². The average molecular weight is 376 g/mol. The van der Waals surface area contributed by atoms with Crippen LogP contribution in [0.3, 0.4) is 0 Å². The van der Waals surface area contributed by atoms with Crippen LogP contribution < -0.4 is 5.32 Å². The van der Waals surface area contributed by atoms with Crippen molar-refractivity contribution in [2.45, 2.75) is 17.1 Å². The third kappa shape index (κ3) is 5.11. The Hall–Kier alpha value is -2.25. The molecule has 3 aromatic rings. The minimum atomic E-state index is -2.45. The van der Waals surface area contributed by atoms with Gasteiger partial charge in [-0.2, -0.15) is 8.78 Å². The molecule has 0 radical (unpaired) electrons. The van der Waals surface area contributed by atoms with E-state index in [2.05, 4.69) is 10.3 Å². The maximum atomic E-state index is 12.3. The maximum Gasteiger partial charge on any atom is 0.288 e. The van der Waals surface area contributed by atoms with Crippen LogP contribution in [0, 0.1) is 0 Å². The molecule has 0 spiro atoms. The van der Waals surface area contributed by atoms with Crippen molar-refractivity contribution in [1.29, 1.82) is 0 Å². The standard InChI is InChI=1S/C18H14F2N2OS2/c19-18(20)25-15-8-6-13(7-9-15)21-16(23)10-14-11-24-17(22-14)12-4-2-1-3-5-12/h1-9,11,18H,10H2,(H,21,23). The highest BCUT2D eigenvalue weighted by atomic mass is 32.2. The number of benzene rings is 2. The van der Waals surface area contributed by atoms with Gasteiger partial charge in [0.05, 0.1) is 12.1 Å². The Kier molecular flexibility index (Phi) is 5.78. The van der Waals surface area contributed by atoms with Gasteiger partial charge >= 0.3 is 0 Å². The Morgan fingerprint density at radius 3 is 2.52 bits per heavy atom. The van der Waals surface area contributed by atoms with Crippen LogP contribution in [0.2, 0.25) is 0 Å². The lowest BCUT2D eigenvalue weighted by molar-refractivity contribution is -0.115. The molecule has 0 aliphatic rings. The first-order valence-corrected chi connectivity index (χ1v) is 9.20. The zero-order valence-electron chi connectivity index (χ0n) is 13.0. The highest BCUT2D eigenvalue weighted by Gasteiger charge is 2.10. The summed E-state index contributed by atoms with van der Waals surface area (Å²) in [6, 6.07) is 16.1. The van der Waals surface area contributed by atoms with E-state index in [1.807, 2.05) is 35.7 Å². The van der Waals surface area contributed by atoms with Crippen molar-refractivity contribution in [2.24, 2.45) is 0 Å². The smallest absolute Gasteiger partial charge is 0.288 e. The number of amides is 1. The van der Waals surface area contributed by atoms with Gasteiger partial charge in [-0.3, -0.25) is 4.79 Å². The van der Waals surface area contributed by atoms with Crippen molar-refractivity contribution < 1.29 is 13.6 Å². The van der Waals surface area contributed by atoms with E-state index in [9.17, 15) is 13.6 Å². The molecule has 2 aromatic carbocycles. The van der Waals surface area contributed by atoms with E-state index in [-0.39, 0.29) is 12.3 Å². The molecular weight excluding hydrogens is 362 g/mol. The van der Waals surface area contributed by atoms with Crippen molar-refractivity contribution in [3.63, 3.8) is 0 Å². The van der Waals surface area contributed by atoms with Crippen molar-refractivity contribution in [1.82, 2.24) is 4.98 Å². The lowest BCUT2D eigenvalue weighted by atomic mass is 10.2. The molecule has 0 saturated heterocycles. The van der Waals surface area contributed by atoms with Gasteiger partial charge in [-0.25, -0.2) is 4.98 Å². The van der Waals surface area contributed by atoms with E-state index >= 15 is 0 Å². The summed E-state index contributed by atoms with van der Waals surface area (Å²) >= 11 is 1.97. The largest absolute Gasteiger partial charge is 0.326 e. The summed E-state index contributed by atoms with van der Waals surface area (Å²) in [5.41, 5.74) is 2.29. The molecule has 1 amide bonds. The quantitative estimate of drug-likeness (QED) is 0.593. The molecule has 128 valence electrons. The van der Waals surface area contributed by atoms with E-state index in [0.717, 1.165) is 10.6 Å². The number of halogens is 2. The summed E-state index contributed by atoms with van der Waals surface area (Å²) in [6.07, 6.45) is 0.164. The van der Waals surface area contributed by atoms with Crippen LogP contribution in [0.25, 0.3) is 10.6 Å². The number of nitrogens with zero attached hydrogens (tertiary/aromatic N) is 1. The van der Waals surface area contributed by atoms with Crippen LogP contribution in [-0.4, -0.2) is 16.6 Å². The molecule has 25 heavy (non-hydrogen) atoms. The van der Waals surface area contributed by atoms with Crippen LogP contribution in [-0.2, 0) is 11.2 Å². The number of nitrogens with one attached hydrogen (secondary N) is 1. The Bertz CT molecular complexity index is 836. The normalized spacial score (nSPS) is 10.8.